The molecule has 0 fully saturated rings. The second-order valence-electron chi connectivity index (χ2n) is 3.44. The van der Waals surface area contributed by atoms with Gasteiger partial charge in [-0.05, 0) is 5.56 Å². The molecule has 17 heavy (non-hydrogen) atoms. The summed E-state index contributed by atoms with van der Waals surface area (Å²) < 4.78 is 5.19. The van der Waals surface area contributed by atoms with Gasteiger partial charge in [0.25, 0.3) is 0 Å². The highest BCUT2D eigenvalue weighted by Crippen LogP contribution is 2.29. The van der Waals surface area contributed by atoms with E-state index in [1.807, 2.05) is 30.3 Å². The molecule has 4 nitrogen and oxygen atoms in total. The summed E-state index contributed by atoms with van der Waals surface area (Å²) in [5.41, 5.74) is 1.69. The lowest BCUT2D eigenvalue weighted by Crippen LogP contribution is -2.01. The monoisotopic (exact) mass is 229 g/mol. The lowest BCUT2D eigenvalue weighted by molar-refractivity contribution is 0.0690. The van der Waals surface area contributed by atoms with E-state index >= 15 is 0 Å². The fraction of sp³-hybridized carbons (Fsp3) is 0.0769. The number of pyridine rings is 1. The summed E-state index contributed by atoms with van der Waals surface area (Å²) in [4.78, 5) is 14.7. The molecular formula is C13H11NO3. The van der Waals surface area contributed by atoms with Crippen LogP contribution in [0, 0.1) is 0 Å². The van der Waals surface area contributed by atoms with Gasteiger partial charge in [0.1, 0.15) is 5.75 Å². The molecule has 0 bridgehead atoms. The van der Waals surface area contributed by atoms with E-state index in [-0.39, 0.29) is 5.69 Å². The average Bonchev–Trinajstić information content (AvgIpc) is 2.39. The fourth-order valence-electron chi connectivity index (χ4n) is 1.56. The van der Waals surface area contributed by atoms with Crippen molar-refractivity contribution in [1.82, 2.24) is 4.98 Å². The number of hydrogen-bond donors (Lipinski definition) is 1. The van der Waals surface area contributed by atoms with Gasteiger partial charge in [-0.1, -0.05) is 30.3 Å². The van der Waals surface area contributed by atoms with Gasteiger partial charge in [0, 0.05) is 17.8 Å². The molecule has 0 aliphatic carbocycles. The van der Waals surface area contributed by atoms with Gasteiger partial charge < -0.3 is 9.84 Å². The molecule has 0 atom stereocenters. The van der Waals surface area contributed by atoms with Gasteiger partial charge in [-0.2, -0.15) is 0 Å². The van der Waals surface area contributed by atoms with Crippen LogP contribution in [0.4, 0.5) is 0 Å². The van der Waals surface area contributed by atoms with Crippen LogP contribution < -0.4 is 4.74 Å². The molecule has 0 spiro atoms. The zero-order valence-electron chi connectivity index (χ0n) is 9.25. The summed E-state index contributed by atoms with van der Waals surface area (Å²) in [6.07, 6.45) is 1.51. The Hall–Kier alpha value is -2.36. The van der Waals surface area contributed by atoms with Crippen molar-refractivity contribution in [2.75, 3.05) is 7.11 Å². The molecule has 0 aliphatic heterocycles. The zero-order chi connectivity index (χ0) is 12.3. The highest BCUT2D eigenvalue weighted by Gasteiger charge is 2.11. The van der Waals surface area contributed by atoms with E-state index in [0.29, 0.717) is 5.75 Å². The lowest BCUT2D eigenvalue weighted by Gasteiger charge is -2.08. The van der Waals surface area contributed by atoms with E-state index in [9.17, 15) is 4.79 Å². The van der Waals surface area contributed by atoms with E-state index in [4.69, 9.17) is 9.84 Å². The summed E-state index contributed by atoms with van der Waals surface area (Å²) >= 11 is 0. The molecule has 0 aliphatic rings. The first-order valence-corrected chi connectivity index (χ1v) is 5.05. The number of aromatic carboxylic acids is 1. The van der Waals surface area contributed by atoms with Crippen molar-refractivity contribution >= 4 is 5.97 Å². The largest absolute Gasteiger partial charge is 0.496 e. The Morgan fingerprint density at radius 2 is 2.00 bits per heavy atom. The molecule has 0 radical (unpaired) electrons. The number of hydrogen-bond acceptors (Lipinski definition) is 3. The lowest BCUT2D eigenvalue weighted by atomic mass is 10.1. The maximum atomic E-state index is 10.8. The number of carbonyl (C=O) groups is 1. The fourth-order valence-corrected chi connectivity index (χ4v) is 1.56. The highest BCUT2D eigenvalue weighted by atomic mass is 16.5. The van der Waals surface area contributed by atoms with Gasteiger partial charge in [0.15, 0.2) is 5.69 Å². The topological polar surface area (TPSA) is 59.4 Å². The van der Waals surface area contributed by atoms with Crippen molar-refractivity contribution in [2.24, 2.45) is 0 Å². The average molecular weight is 229 g/mol. The summed E-state index contributed by atoms with van der Waals surface area (Å²) in [7, 11) is 1.51. The number of aromatic nitrogens is 1. The first-order chi connectivity index (χ1) is 8.22. The number of carboxylic acids is 1. The summed E-state index contributed by atoms with van der Waals surface area (Å²) in [6, 6.07) is 11.0. The molecule has 0 saturated heterocycles. The first kappa shape index (κ1) is 11.1. The van der Waals surface area contributed by atoms with Crippen LogP contribution in [-0.2, 0) is 0 Å². The molecular weight excluding hydrogens is 218 g/mol. The van der Waals surface area contributed by atoms with Gasteiger partial charge in [-0.15, -0.1) is 0 Å². The third-order valence-electron chi connectivity index (χ3n) is 2.39. The smallest absolute Gasteiger partial charge is 0.354 e. The quantitative estimate of drug-likeness (QED) is 0.878. The maximum Gasteiger partial charge on any atom is 0.354 e. The van der Waals surface area contributed by atoms with Gasteiger partial charge in [-0.25, -0.2) is 9.78 Å². The van der Waals surface area contributed by atoms with E-state index < -0.39 is 5.97 Å². The molecule has 0 unspecified atom stereocenters. The predicted molar refractivity (Wildman–Crippen MR) is 63.2 cm³/mol. The van der Waals surface area contributed by atoms with Crippen molar-refractivity contribution in [1.29, 1.82) is 0 Å². The number of ether oxygens (including phenoxy) is 1. The molecule has 4 heteroatoms. The molecule has 2 rings (SSSR count). The van der Waals surface area contributed by atoms with Gasteiger partial charge >= 0.3 is 5.97 Å². The molecule has 0 amide bonds. The van der Waals surface area contributed by atoms with Crippen molar-refractivity contribution in [3.8, 4) is 16.9 Å². The van der Waals surface area contributed by atoms with Gasteiger partial charge in [0.2, 0.25) is 0 Å². The molecule has 1 aromatic carbocycles. The molecule has 2 aromatic rings. The van der Waals surface area contributed by atoms with Crippen LogP contribution in [0.5, 0.6) is 5.75 Å². The first-order valence-electron chi connectivity index (χ1n) is 5.05. The number of rotatable bonds is 3. The molecule has 1 aromatic heterocycles. The number of nitrogens with zero attached hydrogens (tertiary/aromatic N) is 1. The third kappa shape index (κ3) is 2.25. The Labute approximate surface area is 98.5 Å². The Morgan fingerprint density at radius 3 is 2.59 bits per heavy atom. The van der Waals surface area contributed by atoms with E-state index in [2.05, 4.69) is 4.98 Å². The second kappa shape index (κ2) is 4.65. The molecule has 0 saturated carbocycles. The minimum Gasteiger partial charge on any atom is -0.496 e. The number of benzene rings is 1. The maximum absolute atomic E-state index is 10.8. The Morgan fingerprint density at radius 1 is 1.29 bits per heavy atom. The summed E-state index contributed by atoms with van der Waals surface area (Å²) in [5, 5.41) is 8.85. The standard InChI is InChI=1S/C13H11NO3/c1-17-12-7-11(13(15)16)14-8-10(12)9-5-3-2-4-6-9/h2-8H,1H3,(H,15,16). The highest BCUT2D eigenvalue weighted by molar-refractivity contribution is 5.87. The Bertz CT molecular complexity index is 538. The minimum atomic E-state index is -1.07. The van der Waals surface area contributed by atoms with Crippen LogP contribution in [0.3, 0.4) is 0 Å². The molecule has 1 heterocycles. The van der Waals surface area contributed by atoms with E-state index in [1.165, 1.54) is 19.4 Å². The van der Waals surface area contributed by atoms with Gasteiger partial charge in [0.05, 0.1) is 7.11 Å². The van der Waals surface area contributed by atoms with E-state index in [0.717, 1.165) is 11.1 Å². The van der Waals surface area contributed by atoms with Crippen LogP contribution in [-0.4, -0.2) is 23.2 Å². The Kier molecular flexibility index (Phi) is 3.05. The summed E-state index contributed by atoms with van der Waals surface area (Å²) in [5.74, 6) is -0.563. The summed E-state index contributed by atoms with van der Waals surface area (Å²) in [6.45, 7) is 0. The van der Waals surface area contributed by atoms with Gasteiger partial charge in [-0.3, -0.25) is 0 Å². The normalized spacial score (nSPS) is 9.94. The van der Waals surface area contributed by atoms with Crippen LogP contribution in [0.25, 0.3) is 11.1 Å². The number of methoxy groups -OCH3 is 1. The second-order valence-corrected chi connectivity index (χ2v) is 3.44. The van der Waals surface area contributed by atoms with Crippen LogP contribution in [0.1, 0.15) is 10.5 Å². The van der Waals surface area contributed by atoms with Crippen LogP contribution in [0.15, 0.2) is 42.6 Å². The third-order valence-corrected chi connectivity index (χ3v) is 2.39. The van der Waals surface area contributed by atoms with Crippen molar-refractivity contribution in [2.45, 2.75) is 0 Å². The van der Waals surface area contributed by atoms with Crippen LogP contribution >= 0.6 is 0 Å². The van der Waals surface area contributed by atoms with Crippen molar-refractivity contribution < 1.29 is 14.6 Å². The van der Waals surface area contributed by atoms with E-state index in [1.54, 1.807) is 0 Å². The Balaban J connectivity index is 2.52. The van der Waals surface area contributed by atoms with Crippen molar-refractivity contribution in [3.63, 3.8) is 0 Å². The minimum absolute atomic E-state index is 0.0264. The molecule has 86 valence electrons. The van der Waals surface area contributed by atoms with Crippen molar-refractivity contribution in [3.05, 3.63) is 48.3 Å². The molecule has 1 N–H and O–H groups in total. The van der Waals surface area contributed by atoms with Crippen LogP contribution in [0.2, 0.25) is 0 Å². The predicted octanol–water partition coefficient (Wildman–Crippen LogP) is 2.46. The SMILES string of the molecule is COc1cc(C(=O)O)ncc1-c1ccccc1. The zero-order valence-corrected chi connectivity index (χ0v) is 9.25. The number of carboxylic acid groups (broad SMARTS) is 1.